The maximum absolute atomic E-state index is 13.2. The highest BCUT2D eigenvalue weighted by Crippen LogP contribution is 2.42. The third-order valence-electron chi connectivity index (χ3n) is 5.99. The minimum absolute atomic E-state index is 0.0532. The molecule has 7 heteroatoms. The Morgan fingerprint density at radius 3 is 2.00 bits per heavy atom. The van der Waals surface area contributed by atoms with Crippen LogP contribution < -0.4 is 0 Å². The van der Waals surface area contributed by atoms with Crippen LogP contribution in [0, 0.1) is 16.7 Å². The van der Waals surface area contributed by atoms with Gasteiger partial charge in [0.1, 0.15) is 5.60 Å². The minimum Gasteiger partial charge on any atom is -0.458 e. The van der Waals surface area contributed by atoms with E-state index in [0.717, 1.165) is 25.7 Å². The van der Waals surface area contributed by atoms with Crippen LogP contribution in [0.4, 0.5) is 13.2 Å². The van der Waals surface area contributed by atoms with Crippen molar-refractivity contribution >= 4 is 11.9 Å². The van der Waals surface area contributed by atoms with Gasteiger partial charge in [-0.3, -0.25) is 9.59 Å². The molecule has 1 aliphatic rings. The largest absolute Gasteiger partial charge is 0.458 e. The molecule has 1 rings (SSSR count). The summed E-state index contributed by atoms with van der Waals surface area (Å²) >= 11 is 0. The summed E-state index contributed by atoms with van der Waals surface area (Å²) in [4.78, 5) is 25.3. The van der Waals surface area contributed by atoms with Crippen LogP contribution in [0.3, 0.4) is 0 Å². The first-order chi connectivity index (χ1) is 13.1. The smallest absolute Gasteiger partial charge is 0.422 e. The second-order valence-corrected chi connectivity index (χ2v) is 10.3. The van der Waals surface area contributed by atoms with Crippen LogP contribution in [0.15, 0.2) is 0 Å². The molecular formula is C22H37F3O4. The summed E-state index contributed by atoms with van der Waals surface area (Å²) in [6.45, 7) is 10.6. The molecule has 1 aliphatic carbocycles. The topological polar surface area (TPSA) is 52.6 Å². The Balaban J connectivity index is 2.96. The standard InChI is InChI=1S/C22H37F3O4/c1-7-20(5,6)13-16(19(2,3)4)18(27)29-21(11-9-8-10-12-21)14-17(26)28-15-22(23,24)25/h16H,7-15H2,1-6H3. The Bertz CT molecular complexity index is 555. The lowest BCUT2D eigenvalue weighted by Crippen LogP contribution is -2.44. The van der Waals surface area contributed by atoms with Crippen molar-refractivity contribution in [3.05, 3.63) is 0 Å². The Morgan fingerprint density at radius 1 is 1.00 bits per heavy atom. The zero-order valence-corrected chi connectivity index (χ0v) is 18.7. The number of alkyl halides is 3. The number of halogens is 3. The molecule has 0 aromatic carbocycles. The SMILES string of the molecule is CCC(C)(C)CC(C(=O)OC1(CC(=O)OCC(F)(F)F)CCCCC1)C(C)(C)C. The predicted octanol–water partition coefficient (Wildman–Crippen LogP) is 6.22. The molecule has 0 aromatic heterocycles. The van der Waals surface area contributed by atoms with Gasteiger partial charge in [0.05, 0.1) is 12.3 Å². The fourth-order valence-corrected chi connectivity index (χ4v) is 3.71. The second-order valence-electron chi connectivity index (χ2n) is 10.3. The van der Waals surface area contributed by atoms with Gasteiger partial charge in [-0.05, 0) is 42.9 Å². The van der Waals surface area contributed by atoms with Crippen molar-refractivity contribution in [3.8, 4) is 0 Å². The van der Waals surface area contributed by atoms with Gasteiger partial charge in [-0.25, -0.2) is 0 Å². The van der Waals surface area contributed by atoms with E-state index in [1.54, 1.807) is 0 Å². The zero-order valence-electron chi connectivity index (χ0n) is 18.7. The van der Waals surface area contributed by atoms with Crippen molar-refractivity contribution < 1.29 is 32.2 Å². The van der Waals surface area contributed by atoms with E-state index in [0.29, 0.717) is 19.3 Å². The van der Waals surface area contributed by atoms with E-state index in [-0.39, 0.29) is 29.1 Å². The van der Waals surface area contributed by atoms with Crippen molar-refractivity contribution in [2.75, 3.05) is 6.61 Å². The number of rotatable bonds is 8. The third kappa shape index (κ3) is 8.95. The molecule has 29 heavy (non-hydrogen) atoms. The first-order valence-corrected chi connectivity index (χ1v) is 10.5. The first kappa shape index (κ1) is 25.8. The van der Waals surface area contributed by atoms with Gasteiger partial charge in [-0.1, -0.05) is 54.4 Å². The maximum Gasteiger partial charge on any atom is 0.422 e. The van der Waals surface area contributed by atoms with Gasteiger partial charge < -0.3 is 9.47 Å². The Hall–Kier alpha value is -1.27. The van der Waals surface area contributed by atoms with E-state index in [2.05, 4.69) is 25.5 Å². The van der Waals surface area contributed by atoms with Gasteiger partial charge in [0.25, 0.3) is 0 Å². The normalized spacial score (nSPS) is 18.8. The lowest BCUT2D eigenvalue weighted by Gasteiger charge is -2.40. The monoisotopic (exact) mass is 422 g/mol. The van der Waals surface area contributed by atoms with E-state index >= 15 is 0 Å². The van der Waals surface area contributed by atoms with Crippen LogP contribution in [0.5, 0.6) is 0 Å². The molecule has 0 saturated heterocycles. The van der Waals surface area contributed by atoms with E-state index in [1.807, 2.05) is 20.8 Å². The molecule has 0 heterocycles. The maximum atomic E-state index is 13.2. The van der Waals surface area contributed by atoms with Gasteiger partial charge in [0.2, 0.25) is 0 Å². The molecular weight excluding hydrogens is 385 g/mol. The minimum atomic E-state index is -4.57. The van der Waals surface area contributed by atoms with Crippen LogP contribution in [0.25, 0.3) is 0 Å². The number of esters is 2. The summed E-state index contributed by atoms with van der Waals surface area (Å²) in [5.41, 5.74) is -1.46. The third-order valence-corrected chi connectivity index (χ3v) is 5.99. The van der Waals surface area contributed by atoms with Crippen LogP contribution in [-0.4, -0.2) is 30.3 Å². The van der Waals surface area contributed by atoms with E-state index in [1.165, 1.54) is 0 Å². The van der Waals surface area contributed by atoms with Gasteiger partial charge in [0, 0.05) is 0 Å². The molecule has 1 saturated carbocycles. The summed E-state index contributed by atoms with van der Waals surface area (Å²) < 4.78 is 47.4. The Labute approximate surface area is 172 Å². The fraction of sp³-hybridized carbons (Fsp3) is 0.909. The molecule has 1 fully saturated rings. The quantitative estimate of drug-likeness (QED) is 0.436. The van der Waals surface area contributed by atoms with Crippen molar-refractivity contribution in [3.63, 3.8) is 0 Å². The number of hydrogen-bond acceptors (Lipinski definition) is 4. The van der Waals surface area contributed by atoms with E-state index in [9.17, 15) is 22.8 Å². The van der Waals surface area contributed by atoms with Gasteiger partial charge in [-0.15, -0.1) is 0 Å². The van der Waals surface area contributed by atoms with Crippen LogP contribution in [-0.2, 0) is 19.1 Å². The number of carbonyl (C=O) groups is 2. The summed E-state index contributed by atoms with van der Waals surface area (Å²) in [6, 6.07) is 0. The molecule has 0 amide bonds. The average Bonchev–Trinajstić information content (AvgIpc) is 2.57. The Kier molecular flexibility index (Phi) is 8.61. The van der Waals surface area contributed by atoms with Crippen molar-refractivity contribution in [2.24, 2.45) is 16.7 Å². The lowest BCUT2D eigenvalue weighted by molar-refractivity contribution is -0.194. The molecule has 0 aromatic rings. The molecule has 0 N–H and O–H groups in total. The van der Waals surface area contributed by atoms with Crippen molar-refractivity contribution in [2.45, 2.75) is 105 Å². The van der Waals surface area contributed by atoms with E-state index < -0.39 is 24.4 Å². The molecule has 1 unspecified atom stereocenters. The van der Waals surface area contributed by atoms with Gasteiger partial charge in [0.15, 0.2) is 6.61 Å². The highest BCUT2D eigenvalue weighted by Gasteiger charge is 2.44. The van der Waals surface area contributed by atoms with Crippen LogP contribution in [0.2, 0.25) is 0 Å². The summed E-state index contributed by atoms with van der Waals surface area (Å²) in [5, 5.41) is 0. The molecule has 1 atom stereocenters. The van der Waals surface area contributed by atoms with Crippen molar-refractivity contribution in [1.29, 1.82) is 0 Å². The number of ether oxygens (including phenoxy) is 2. The van der Waals surface area contributed by atoms with Crippen molar-refractivity contribution in [1.82, 2.24) is 0 Å². The lowest BCUT2D eigenvalue weighted by atomic mass is 9.70. The Morgan fingerprint density at radius 2 is 1.55 bits per heavy atom. The molecule has 0 bridgehead atoms. The van der Waals surface area contributed by atoms with Gasteiger partial charge in [-0.2, -0.15) is 13.2 Å². The summed E-state index contributed by atoms with van der Waals surface area (Å²) in [6.07, 6.45) is 0.0470. The zero-order chi connectivity index (χ0) is 22.5. The van der Waals surface area contributed by atoms with Gasteiger partial charge >= 0.3 is 18.1 Å². The van der Waals surface area contributed by atoms with Crippen LogP contribution in [0.1, 0.15) is 92.9 Å². The summed E-state index contributed by atoms with van der Waals surface area (Å²) in [5.74, 6) is -1.72. The number of hydrogen-bond donors (Lipinski definition) is 0. The first-order valence-electron chi connectivity index (χ1n) is 10.5. The molecule has 0 aliphatic heterocycles. The highest BCUT2D eigenvalue weighted by molar-refractivity contribution is 5.76. The average molecular weight is 423 g/mol. The molecule has 170 valence electrons. The van der Waals surface area contributed by atoms with Crippen LogP contribution >= 0.6 is 0 Å². The number of carbonyl (C=O) groups excluding carboxylic acids is 2. The predicted molar refractivity (Wildman–Crippen MR) is 105 cm³/mol. The molecule has 4 nitrogen and oxygen atoms in total. The fourth-order valence-electron chi connectivity index (χ4n) is 3.71. The van der Waals surface area contributed by atoms with E-state index in [4.69, 9.17) is 4.74 Å². The molecule has 0 spiro atoms. The molecule has 0 radical (unpaired) electrons. The highest BCUT2D eigenvalue weighted by atomic mass is 19.4. The summed E-state index contributed by atoms with van der Waals surface area (Å²) in [7, 11) is 0. The second kappa shape index (κ2) is 9.69.